The van der Waals surface area contributed by atoms with Crippen LogP contribution in [0.1, 0.15) is 33.6 Å². The lowest BCUT2D eigenvalue weighted by Crippen LogP contribution is -2.40. The summed E-state index contributed by atoms with van der Waals surface area (Å²) in [5.74, 6) is 2.15. The van der Waals surface area contributed by atoms with Gasteiger partial charge >= 0.3 is 0 Å². The van der Waals surface area contributed by atoms with Gasteiger partial charge in [0.2, 0.25) is 5.91 Å². The summed E-state index contributed by atoms with van der Waals surface area (Å²) in [6.45, 7) is 9.53. The topological polar surface area (TPSA) is 69.6 Å². The van der Waals surface area contributed by atoms with E-state index in [9.17, 15) is 4.79 Å². The number of carbonyl (C=O) groups excluding carboxylic acids is 1. The number of nitrogens with zero attached hydrogens (tertiary/aromatic N) is 3. The van der Waals surface area contributed by atoms with Crippen LogP contribution in [-0.2, 0) is 4.79 Å². The molecule has 2 heterocycles. The maximum atomic E-state index is 12.1. The van der Waals surface area contributed by atoms with Gasteiger partial charge in [0.1, 0.15) is 6.54 Å². The molecule has 6 heteroatoms. The number of rotatable bonds is 6. The Morgan fingerprint density at radius 2 is 2.33 bits per heavy atom. The molecular weight excluding hydrogens is 302 g/mol. The van der Waals surface area contributed by atoms with Crippen molar-refractivity contribution in [2.45, 2.75) is 33.6 Å². The van der Waals surface area contributed by atoms with Gasteiger partial charge in [-0.05, 0) is 43.7 Å². The van der Waals surface area contributed by atoms with Crippen molar-refractivity contribution < 1.29 is 4.79 Å². The predicted molar refractivity (Wildman–Crippen MR) is 98.0 cm³/mol. The summed E-state index contributed by atoms with van der Waals surface area (Å²) in [5.41, 5.74) is 0.695. The van der Waals surface area contributed by atoms with Crippen molar-refractivity contribution in [3.63, 3.8) is 0 Å². The van der Waals surface area contributed by atoms with Gasteiger partial charge in [-0.1, -0.05) is 13.8 Å². The molecular formula is C18H29N5O. The Balaban J connectivity index is 1.90. The van der Waals surface area contributed by atoms with Gasteiger partial charge in [-0.25, -0.2) is 4.99 Å². The van der Waals surface area contributed by atoms with Crippen LogP contribution in [0.15, 0.2) is 29.5 Å². The van der Waals surface area contributed by atoms with E-state index in [2.05, 4.69) is 39.4 Å². The van der Waals surface area contributed by atoms with Crippen LogP contribution in [-0.4, -0.2) is 47.9 Å². The van der Waals surface area contributed by atoms with Gasteiger partial charge in [0, 0.05) is 25.8 Å². The van der Waals surface area contributed by atoms with Crippen LogP contribution >= 0.6 is 0 Å². The van der Waals surface area contributed by atoms with Gasteiger partial charge in [0.25, 0.3) is 0 Å². The molecule has 132 valence electrons. The molecule has 0 saturated carbocycles. The van der Waals surface area contributed by atoms with E-state index in [-0.39, 0.29) is 12.5 Å². The van der Waals surface area contributed by atoms with Crippen molar-refractivity contribution in [1.82, 2.24) is 15.2 Å². The first-order chi connectivity index (χ1) is 11.6. The first kappa shape index (κ1) is 18.2. The van der Waals surface area contributed by atoms with Crippen LogP contribution in [0, 0.1) is 11.8 Å². The van der Waals surface area contributed by atoms with E-state index in [1.54, 1.807) is 18.5 Å². The molecule has 0 spiro atoms. The van der Waals surface area contributed by atoms with Gasteiger partial charge in [0.15, 0.2) is 5.96 Å². The summed E-state index contributed by atoms with van der Waals surface area (Å²) >= 11 is 0. The molecule has 1 unspecified atom stereocenters. The third-order valence-electron chi connectivity index (χ3n) is 4.04. The van der Waals surface area contributed by atoms with Crippen molar-refractivity contribution in [1.29, 1.82) is 0 Å². The minimum Gasteiger partial charge on any atom is -0.357 e. The molecule has 1 atom stereocenters. The Morgan fingerprint density at radius 1 is 1.50 bits per heavy atom. The van der Waals surface area contributed by atoms with Gasteiger partial charge in [0.05, 0.1) is 11.9 Å². The zero-order chi connectivity index (χ0) is 17.4. The Hall–Kier alpha value is -2.11. The quantitative estimate of drug-likeness (QED) is 0.620. The molecule has 1 aromatic rings. The molecule has 24 heavy (non-hydrogen) atoms. The maximum Gasteiger partial charge on any atom is 0.246 e. The second-order valence-corrected chi connectivity index (χ2v) is 6.69. The molecule has 6 nitrogen and oxygen atoms in total. The fourth-order valence-corrected chi connectivity index (χ4v) is 3.09. The maximum absolute atomic E-state index is 12.1. The molecule has 1 aromatic heterocycles. The van der Waals surface area contributed by atoms with Gasteiger partial charge in [-0.3, -0.25) is 9.78 Å². The Kier molecular flexibility index (Phi) is 7.03. The van der Waals surface area contributed by atoms with E-state index >= 15 is 0 Å². The Morgan fingerprint density at radius 3 is 3.00 bits per heavy atom. The van der Waals surface area contributed by atoms with Crippen LogP contribution in [0.5, 0.6) is 0 Å². The first-order valence-corrected chi connectivity index (χ1v) is 8.81. The predicted octanol–water partition coefficient (Wildman–Crippen LogP) is 2.35. The summed E-state index contributed by atoms with van der Waals surface area (Å²) in [6.07, 6.45) is 5.75. The lowest BCUT2D eigenvalue weighted by molar-refractivity contribution is -0.114. The van der Waals surface area contributed by atoms with Crippen LogP contribution in [0.3, 0.4) is 0 Å². The number of aromatic nitrogens is 1. The van der Waals surface area contributed by atoms with E-state index in [1.165, 1.54) is 12.8 Å². The minimum atomic E-state index is -0.128. The number of hydrogen-bond acceptors (Lipinski definition) is 3. The fraction of sp³-hybridized carbons (Fsp3) is 0.611. The summed E-state index contributed by atoms with van der Waals surface area (Å²) in [7, 11) is 0. The molecule has 0 radical (unpaired) electrons. The lowest BCUT2D eigenvalue weighted by Gasteiger charge is -2.22. The summed E-state index contributed by atoms with van der Waals surface area (Å²) in [4.78, 5) is 22.8. The van der Waals surface area contributed by atoms with Gasteiger partial charge in [-0.2, -0.15) is 0 Å². The molecule has 0 bridgehead atoms. The lowest BCUT2D eigenvalue weighted by atomic mass is 9.97. The SMILES string of the molecule is CCNC(=NCC(=O)Nc1cccnc1)N1CCC(CC(C)C)C1. The summed E-state index contributed by atoms with van der Waals surface area (Å²) < 4.78 is 0. The number of amides is 1. The molecule has 1 saturated heterocycles. The molecule has 0 aliphatic carbocycles. The van der Waals surface area contributed by atoms with Crippen LogP contribution < -0.4 is 10.6 Å². The largest absolute Gasteiger partial charge is 0.357 e. The van der Waals surface area contributed by atoms with Gasteiger partial charge in [-0.15, -0.1) is 0 Å². The van der Waals surface area contributed by atoms with E-state index in [1.807, 2.05) is 13.0 Å². The third kappa shape index (κ3) is 5.83. The monoisotopic (exact) mass is 331 g/mol. The smallest absolute Gasteiger partial charge is 0.246 e. The highest BCUT2D eigenvalue weighted by Crippen LogP contribution is 2.23. The molecule has 1 amide bonds. The van der Waals surface area contributed by atoms with Crippen molar-refractivity contribution in [2.24, 2.45) is 16.8 Å². The highest BCUT2D eigenvalue weighted by molar-refractivity contribution is 5.93. The average molecular weight is 331 g/mol. The summed E-state index contributed by atoms with van der Waals surface area (Å²) in [6, 6.07) is 3.61. The third-order valence-corrected chi connectivity index (χ3v) is 4.04. The zero-order valence-electron chi connectivity index (χ0n) is 15.0. The number of anilines is 1. The molecule has 1 fully saturated rings. The highest BCUT2D eigenvalue weighted by Gasteiger charge is 2.25. The highest BCUT2D eigenvalue weighted by atomic mass is 16.1. The fourth-order valence-electron chi connectivity index (χ4n) is 3.09. The average Bonchev–Trinajstić information content (AvgIpc) is 3.00. The number of likely N-dealkylation sites (tertiary alicyclic amines) is 1. The van der Waals surface area contributed by atoms with Crippen LogP contribution in [0.25, 0.3) is 0 Å². The number of aliphatic imine (C=N–C) groups is 1. The molecule has 0 aromatic carbocycles. The number of pyridine rings is 1. The van der Waals surface area contributed by atoms with E-state index in [4.69, 9.17) is 0 Å². The van der Waals surface area contributed by atoms with Crippen molar-refractivity contribution >= 4 is 17.6 Å². The zero-order valence-corrected chi connectivity index (χ0v) is 15.0. The molecule has 1 aliphatic rings. The second kappa shape index (κ2) is 9.25. The number of carbonyl (C=O) groups is 1. The second-order valence-electron chi connectivity index (χ2n) is 6.69. The van der Waals surface area contributed by atoms with Crippen molar-refractivity contribution in [2.75, 3.05) is 31.5 Å². The number of hydrogen-bond donors (Lipinski definition) is 2. The van der Waals surface area contributed by atoms with E-state index < -0.39 is 0 Å². The van der Waals surface area contributed by atoms with Crippen LogP contribution in [0.2, 0.25) is 0 Å². The van der Waals surface area contributed by atoms with Crippen molar-refractivity contribution in [3.8, 4) is 0 Å². The van der Waals surface area contributed by atoms with Crippen LogP contribution in [0.4, 0.5) is 5.69 Å². The van der Waals surface area contributed by atoms with E-state index in [0.717, 1.165) is 37.4 Å². The Bertz CT molecular complexity index is 544. The normalized spacial score (nSPS) is 18.1. The Labute approximate surface area is 144 Å². The minimum absolute atomic E-state index is 0.114. The first-order valence-electron chi connectivity index (χ1n) is 8.81. The summed E-state index contributed by atoms with van der Waals surface area (Å²) in [5, 5.41) is 6.11. The van der Waals surface area contributed by atoms with Gasteiger partial charge < -0.3 is 15.5 Å². The molecule has 2 N–H and O–H groups in total. The number of guanidine groups is 1. The standard InChI is InChI=1S/C18H29N5O/c1-4-20-18(23-9-7-15(13-23)10-14(2)3)21-12-17(24)22-16-6-5-8-19-11-16/h5-6,8,11,14-15H,4,7,9-10,12-13H2,1-3H3,(H,20,21)(H,22,24). The van der Waals surface area contributed by atoms with E-state index in [0.29, 0.717) is 5.69 Å². The molecule has 1 aliphatic heterocycles. The molecule has 2 rings (SSSR count). The number of nitrogens with one attached hydrogen (secondary N) is 2. The van der Waals surface area contributed by atoms with Crippen molar-refractivity contribution in [3.05, 3.63) is 24.5 Å².